The number of rotatable bonds is 1. The van der Waals surface area contributed by atoms with Crippen molar-refractivity contribution in [2.24, 2.45) is 33.7 Å². The van der Waals surface area contributed by atoms with Gasteiger partial charge < -0.3 is 9.94 Å². The van der Waals surface area contributed by atoms with Crippen LogP contribution >= 0.6 is 0 Å². The molecule has 0 radical (unpaired) electrons. The number of nitrogens with zero attached hydrogens (tertiary/aromatic N) is 1. The Morgan fingerprint density at radius 1 is 1.16 bits per heavy atom. The lowest BCUT2D eigenvalue weighted by Gasteiger charge is -2.57. The molecule has 3 saturated carbocycles. The van der Waals surface area contributed by atoms with Crippen LogP contribution in [0, 0.1) is 28.6 Å². The minimum atomic E-state index is -0.127. The van der Waals surface area contributed by atoms with Gasteiger partial charge in [-0.3, -0.25) is 4.79 Å². The number of fused-ring (bicyclic) bond motifs is 5. The lowest BCUT2D eigenvalue weighted by molar-refractivity contribution is -0.157. The number of esters is 1. The Kier molecular flexibility index (Phi) is 4.01. The quantitative estimate of drug-likeness (QED) is 0.425. The van der Waals surface area contributed by atoms with Crippen molar-refractivity contribution in [3.63, 3.8) is 0 Å². The van der Waals surface area contributed by atoms with Crippen molar-refractivity contribution in [3.8, 4) is 0 Å². The molecule has 0 bridgehead atoms. The summed E-state index contributed by atoms with van der Waals surface area (Å²) in [4.78, 5) is 11.5. The minimum absolute atomic E-state index is 0.111. The standard InChI is InChI=1S/C21H31NO3/c1-13(23)25-19-7-6-17-16-5-4-14-12-15(22-24)8-10-20(14,2)18(16)9-11-21(17,19)3/h12,16-19,24H,4-11H2,1-3H3/b22-15+/t16?,17?,18?,19-,20?,21?/m0/s1. The number of hydrogen-bond acceptors (Lipinski definition) is 4. The molecule has 3 fully saturated rings. The zero-order valence-electron chi connectivity index (χ0n) is 15.8. The molecular formula is C21H31NO3. The molecule has 4 heteroatoms. The van der Waals surface area contributed by atoms with Gasteiger partial charge in [-0.05, 0) is 80.6 Å². The maximum atomic E-state index is 11.5. The van der Waals surface area contributed by atoms with Gasteiger partial charge in [0.2, 0.25) is 0 Å². The summed E-state index contributed by atoms with van der Waals surface area (Å²) in [7, 11) is 0. The first kappa shape index (κ1) is 17.1. The van der Waals surface area contributed by atoms with Crippen LogP contribution in [-0.4, -0.2) is 23.0 Å². The van der Waals surface area contributed by atoms with Crippen molar-refractivity contribution in [1.82, 2.24) is 0 Å². The maximum Gasteiger partial charge on any atom is 0.302 e. The molecule has 0 spiro atoms. The largest absolute Gasteiger partial charge is 0.462 e. The van der Waals surface area contributed by atoms with Gasteiger partial charge in [-0.1, -0.05) is 24.6 Å². The molecule has 0 aliphatic heterocycles. The van der Waals surface area contributed by atoms with Crippen LogP contribution in [0.5, 0.6) is 0 Å². The van der Waals surface area contributed by atoms with Crippen molar-refractivity contribution in [2.45, 2.75) is 78.2 Å². The Morgan fingerprint density at radius 3 is 2.68 bits per heavy atom. The predicted molar refractivity (Wildman–Crippen MR) is 96.5 cm³/mol. The molecule has 6 atom stereocenters. The van der Waals surface area contributed by atoms with Crippen LogP contribution in [0.3, 0.4) is 0 Å². The second kappa shape index (κ2) is 5.85. The summed E-state index contributed by atoms with van der Waals surface area (Å²) in [6.45, 7) is 6.37. The summed E-state index contributed by atoms with van der Waals surface area (Å²) in [5.41, 5.74) is 2.78. The zero-order chi connectivity index (χ0) is 17.8. The summed E-state index contributed by atoms with van der Waals surface area (Å²) in [5, 5.41) is 12.6. The molecule has 5 unspecified atom stereocenters. The number of oxime groups is 1. The maximum absolute atomic E-state index is 11.5. The van der Waals surface area contributed by atoms with Crippen molar-refractivity contribution in [1.29, 1.82) is 0 Å². The van der Waals surface area contributed by atoms with Gasteiger partial charge in [0.15, 0.2) is 0 Å². The number of allylic oxidation sites excluding steroid dienone is 2. The highest BCUT2D eigenvalue weighted by Gasteiger charge is 2.59. The molecule has 0 saturated heterocycles. The summed E-state index contributed by atoms with van der Waals surface area (Å²) in [6.07, 6.45) is 11.3. The smallest absolute Gasteiger partial charge is 0.302 e. The summed E-state index contributed by atoms with van der Waals surface area (Å²) < 4.78 is 5.73. The number of ether oxygens (including phenoxy) is 1. The Bertz CT molecular complexity index is 639. The van der Waals surface area contributed by atoms with E-state index in [0.717, 1.165) is 43.2 Å². The van der Waals surface area contributed by atoms with Gasteiger partial charge in [-0.2, -0.15) is 0 Å². The average Bonchev–Trinajstić information content (AvgIpc) is 2.90. The normalized spacial score (nSPS) is 47.5. The fourth-order valence-corrected chi connectivity index (χ4v) is 7.00. The highest BCUT2D eigenvalue weighted by atomic mass is 16.5. The second-order valence-electron chi connectivity index (χ2n) is 9.31. The number of carbonyl (C=O) groups excluding carboxylic acids is 1. The molecule has 4 aliphatic carbocycles. The Hall–Kier alpha value is -1.32. The molecule has 25 heavy (non-hydrogen) atoms. The van der Waals surface area contributed by atoms with Crippen molar-refractivity contribution >= 4 is 11.7 Å². The van der Waals surface area contributed by atoms with Crippen LogP contribution in [-0.2, 0) is 9.53 Å². The predicted octanol–water partition coefficient (Wildman–Crippen LogP) is 4.71. The van der Waals surface area contributed by atoms with Gasteiger partial charge in [0.1, 0.15) is 6.10 Å². The molecule has 0 aromatic carbocycles. The van der Waals surface area contributed by atoms with Gasteiger partial charge in [0, 0.05) is 12.3 Å². The fraction of sp³-hybridized carbons (Fsp3) is 0.810. The van der Waals surface area contributed by atoms with Gasteiger partial charge in [0.25, 0.3) is 0 Å². The monoisotopic (exact) mass is 345 g/mol. The minimum Gasteiger partial charge on any atom is -0.462 e. The van der Waals surface area contributed by atoms with E-state index in [9.17, 15) is 4.79 Å². The molecular weight excluding hydrogens is 314 g/mol. The Morgan fingerprint density at radius 2 is 1.96 bits per heavy atom. The van der Waals surface area contributed by atoms with Gasteiger partial charge >= 0.3 is 5.97 Å². The van der Waals surface area contributed by atoms with Crippen LogP contribution in [0.4, 0.5) is 0 Å². The fourth-order valence-electron chi connectivity index (χ4n) is 7.00. The third-order valence-corrected chi connectivity index (χ3v) is 8.33. The summed E-state index contributed by atoms with van der Waals surface area (Å²) in [6, 6.07) is 0. The van der Waals surface area contributed by atoms with Gasteiger partial charge in [-0.15, -0.1) is 0 Å². The Labute approximate surface area is 150 Å². The molecule has 4 rings (SSSR count). The molecule has 4 aliphatic rings. The molecule has 0 aromatic rings. The van der Waals surface area contributed by atoms with E-state index in [0.29, 0.717) is 5.92 Å². The van der Waals surface area contributed by atoms with Crippen molar-refractivity contribution < 1.29 is 14.7 Å². The molecule has 0 amide bonds. The lowest BCUT2D eigenvalue weighted by atomic mass is 9.47. The van der Waals surface area contributed by atoms with Crippen LogP contribution in [0.25, 0.3) is 0 Å². The van der Waals surface area contributed by atoms with Crippen LogP contribution in [0.1, 0.15) is 72.1 Å². The number of carbonyl (C=O) groups is 1. The van der Waals surface area contributed by atoms with Crippen LogP contribution < -0.4 is 0 Å². The molecule has 138 valence electrons. The average molecular weight is 345 g/mol. The van der Waals surface area contributed by atoms with E-state index in [1.807, 2.05) is 0 Å². The SMILES string of the molecule is CC(=O)O[C@H]1CCC2C3CCC4=C/C(=N/O)CCC4(C)C3CCC21C. The van der Waals surface area contributed by atoms with E-state index in [-0.39, 0.29) is 22.9 Å². The van der Waals surface area contributed by atoms with E-state index < -0.39 is 0 Å². The Balaban J connectivity index is 1.61. The van der Waals surface area contributed by atoms with Gasteiger partial charge in [-0.25, -0.2) is 0 Å². The van der Waals surface area contributed by atoms with E-state index in [4.69, 9.17) is 9.94 Å². The van der Waals surface area contributed by atoms with Crippen LogP contribution in [0.15, 0.2) is 16.8 Å². The first-order valence-corrected chi connectivity index (χ1v) is 9.97. The van der Waals surface area contributed by atoms with E-state index in [1.165, 1.54) is 31.3 Å². The second-order valence-corrected chi connectivity index (χ2v) is 9.31. The molecule has 4 nitrogen and oxygen atoms in total. The number of hydrogen-bond donors (Lipinski definition) is 1. The molecule has 0 aromatic heterocycles. The highest BCUT2D eigenvalue weighted by molar-refractivity contribution is 5.96. The van der Waals surface area contributed by atoms with Crippen molar-refractivity contribution in [2.75, 3.05) is 0 Å². The third-order valence-electron chi connectivity index (χ3n) is 8.33. The topological polar surface area (TPSA) is 58.9 Å². The first-order chi connectivity index (χ1) is 11.9. The lowest BCUT2D eigenvalue weighted by Crippen LogP contribution is -2.51. The van der Waals surface area contributed by atoms with E-state index >= 15 is 0 Å². The van der Waals surface area contributed by atoms with Gasteiger partial charge in [0.05, 0.1) is 5.71 Å². The van der Waals surface area contributed by atoms with E-state index in [1.54, 1.807) is 6.92 Å². The highest BCUT2D eigenvalue weighted by Crippen LogP contribution is 2.65. The van der Waals surface area contributed by atoms with E-state index in [2.05, 4.69) is 25.1 Å². The molecule has 1 N–H and O–H groups in total. The van der Waals surface area contributed by atoms with Crippen LogP contribution in [0.2, 0.25) is 0 Å². The first-order valence-electron chi connectivity index (χ1n) is 9.97. The van der Waals surface area contributed by atoms with Crippen molar-refractivity contribution in [3.05, 3.63) is 11.6 Å². The summed E-state index contributed by atoms with van der Waals surface area (Å²) in [5.74, 6) is 2.02. The zero-order valence-corrected chi connectivity index (χ0v) is 15.8. The summed E-state index contributed by atoms with van der Waals surface area (Å²) >= 11 is 0. The molecule has 0 heterocycles. The third kappa shape index (κ3) is 2.47.